The Kier molecular flexibility index (Phi) is 6.03. The van der Waals surface area contributed by atoms with Gasteiger partial charge in [-0.1, -0.05) is 65.8 Å². The quantitative estimate of drug-likeness (QED) is 0.586. The van der Waals surface area contributed by atoms with Crippen LogP contribution in [0.5, 0.6) is 0 Å². The number of nitrogens with zero attached hydrogens (tertiary/aromatic N) is 3. The van der Waals surface area contributed by atoms with Gasteiger partial charge in [0.05, 0.1) is 12.6 Å². The van der Waals surface area contributed by atoms with Gasteiger partial charge in [-0.3, -0.25) is 4.79 Å². The Morgan fingerprint density at radius 1 is 1.21 bits per heavy atom. The van der Waals surface area contributed by atoms with Crippen LogP contribution in [0.2, 0.25) is 5.02 Å². The first-order valence-corrected chi connectivity index (χ1v) is 10.4. The van der Waals surface area contributed by atoms with Gasteiger partial charge in [-0.2, -0.15) is 0 Å². The maximum Gasteiger partial charge on any atom is 0.236 e. The third-order valence-corrected chi connectivity index (χ3v) is 6.03. The summed E-state index contributed by atoms with van der Waals surface area (Å²) in [5, 5.41) is 12.4. The van der Waals surface area contributed by atoms with Crippen LogP contribution in [0, 0.1) is 0 Å². The highest BCUT2D eigenvalue weighted by Gasteiger charge is 2.37. The van der Waals surface area contributed by atoms with Crippen molar-refractivity contribution in [1.29, 1.82) is 0 Å². The van der Waals surface area contributed by atoms with Crippen molar-refractivity contribution in [2.45, 2.75) is 16.4 Å². The van der Waals surface area contributed by atoms with Crippen molar-refractivity contribution in [1.82, 2.24) is 20.2 Å². The van der Waals surface area contributed by atoms with Crippen LogP contribution >= 0.6 is 23.4 Å². The smallest absolute Gasteiger partial charge is 0.236 e. The maximum atomic E-state index is 12.9. The number of fused-ring (bicyclic) bond motifs is 1. The lowest BCUT2D eigenvalue weighted by Crippen LogP contribution is -2.44. The number of thioether (sulfide) groups is 1. The molecule has 0 saturated heterocycles. The summed E-state index contributed by atoms with van der Waals surface area (Å²) in [4.78, 5) is 12.9. The van der Waals surface area contributed by atoms with Crippen molar-refractivity contribution in [3.8, 4) is 11.4 Å². The molecule has 1 aliphatic heterocycles. The Hall–Kier alpha value is -2.55. The Bertz CT molecular complexity index is 980. The molecule has 2 heterocycles. The van der Waals surface area contributed by atoms with Crippen molar-refractivity contribution in [2.75, 3.05) is 25.7 Å². The molecule has 0 spiro atoms. The van der Waals surface area contributed by atoms with Crippen molar-refractivity contribution in [2.24, 2.45) is 0 Å². The van der Waals surface area contributed by atoms with Gasteiger partial charge in [-0.15, -0.1) is 10.2 Å². The number of halogens is 1. The van der Waals surface area contributed by atoms with Gasteiger partial charge >= 0.3 is 0 Å². The van der Waals surface area contributed by atoms with Gasteiger partial charge in [0.15, 0.2) is 5.82 Å². The van der Waals surface area contributed by atoms with Crippen LogP contribution in [0.25, 0.3) is 11.4 Å². The average molecular weight is 430 g/mol. The number of amides is 1. The topological polar surface area (TPSA) is 81.1 Å². The number of hydrogen-bond donors (Lipinski definition) is 2. The van der Waals surface area contributed by atoms with E-state index in [0.29, 0.717) is 29.2 Å². The molecule has 2 N–H and O–H groups in total. The van der Waals surface area contributed by atoms with Crippen LogP contribution in [0.4, 0.5) is 0 Å². The van der Waals surface area contributed by atoms with Crippen molar-refractivity contribution >= 4 is 29.3 Å². The second-order valence-electron chi connectivity index (χ2n) is 6.49. The number of aromatic nitrogens is 3. The second kappa shape index (κ2) is 8.86. The number of nitrogens with one attached hydrogen (secondary N) is 2. The van der Waals surface area contributed by atoms with E-state index >= 15 is 0 Å². The van der Waals surface area contributed by atoms with Crippen molar-refractivity contribution in [3.05, 3.63) is 65.2 Å². The lowest BCUT2D eigenvalue weighted by atomic mass is 10.0. The molecule has 4 rings (SSSR count). The molecule has 3 aromatic rings. The summed E-state index contributed by atoms with van der Waals surface area (Å²) in [7, 11) is 1.60. The van der Waals surface area contributed by atoms with Crippen LogP contribution in [0.1, 0.15) is 11.6 Å². The van der Waals surface area contributed by atoms with Gasteiger partial charge in [0.25, 0.3) is 0 Å². The average Bonchev–Trinajstić information content (AvgIpc) is 3.17. The SMILES string of the molecule is COCCNC(=O)[C@@H]1Sc2nnc(-c3ccccc3)n2N[C@@H]1c1ccc(Cl)cc1. The van der Waals surface area contributed by atoms with E-state index in [2.05, 4.69) is 20.9 Å². The standard InChI is InChI=1S/C20H20ClN5O2S/c1-28-12-11-22-19(27)17-16(13-7-9-15(21)10-8-13)25-26-18(23-24-20(26)29-17)14-5-3-2-4-6-14/h2-10,16-17,25H,11-12H2,1H3,(H,22,27)/t16-,17-/m1/s1. The summed E-state index contributed by atoms with van der Waals surface area (Å²) in [5.41, 5.74) is 5.33. The third kappa shape index (κ3) is 4.24. The monoisotopic (exact) mass is 429 g/mol. The number of methoxy groups -OCH3 is 1. The summed E-state index contributed by atoms with van der Waals surface area (Å²) in [6.45, 7) is 0.901. The zero-order chi connectivity index (χ0) is 20.2. The Morgan fingerprint density at radius 2 is 1.97 bits per heavy atom. The van der Waals surface area contributed by atoms with Crippen LogP contribution in [-0.2, 0) is 9.53 Å². The number of carbonyl (C=O) groups excluding carboxylic acids is 1. The minimum atomic E-state index is -0.423. The molecule has 0 radical (unpaired) electrons. The molecule has 7 nitrogen and oxygen atoms in total. The Labute approximate surface area is 177 Å². The molecule has 0 unspecified atom stereocenters. The number of rotatable bonds is 6. The van der Waals surface area contributed by atoms with E-state index in [0.717, 1.165) is 11.1 Å². The Balaban J connectivity index is 1.68. The Morgan fingerprint density at radius 3 is 2.69 bits per heavy atom. The predicted octanol–water partition coefficient (Wildman–Crippen LogP) is 3.12. The van der Waals surface area contributed by atoms with Gasteiger partial charge in [0.1, 0.15) is 5.25 Å². The summed E-state index contributed by atoms with van der Waals surface area (Å²) < 4.78 is 6.88. The number of benzene rings is 2. The minimum absolute atomic E-state index is 0.0880. The highest BCUT2D eigenvalue weighted by Crippen LogP contribution is 2.38. The van der Waals surface area contributed by atoms with Gasteiger partial charge in [-0.25, -0.2) is 4.68 Å². The molecule has 0 aliphatic carbocycles. The van der Waals surface area contributed by atoms with Crippen LogP contribution in [-0.4, -0.2) is 46.3 Å². The van der Waals surface area contributed by atoms with Crippen molar-refractivity contribution in [3.63, 3.8) is 0 Å². The van der Waals surface area contributed by atoms with E-state index in [9.17, 15) is 4.79 Å². The van der Waals surface area contributed by atoms with E-state index in [1.54, 1.807) is 7.11 Å². The minimum Gasteiger partial charge on any atom is -0.383 e. The molecule has 1 aliphatic rings. The van der Waals surface area contributed by atoms with Crippen LogP contribution in [0.3, 0.4) is 0 Å². The molecule has 0 saturated carbocycles. The van der Waals surface area contributed by atoms with Crippen LogP contribution in [0.15, 0.2) is 59.8 Å². The first-order chi connectivity index (χ1) is 14.2. The molecule has 2 aromatic carbocycles. The predicted molar refractivity (Wildman–Crippen MR) is 114 cm³/mol. The molecule has 9 heteroatoms. The van der Waals surface area contributed by atoms with E-state index < -0.39 is 5.25 Å². The third-order valence-electron chi connectivity index (χ3n) is 4.56. The first-order valence-electron chi connectivity index (χ1n) is 9.13. The molecule has 0 bridgehead atoms. The fourth-order valence-corrected chi connectivity index (χ4v) is 4.36. The normalized spacial score (nSPS) is 18.0. The maximum absolute atomic E-state index is 12.9. The molecule has 2 atom stereocenters. The number of ether oxygens (including phenoxy) is 1. The molecule has 0 fully saturated rings. The lowest BCUT2D eigenvalue weighted by Gasteiger charge is -2.33. The summed E-state index contributed by atoms with van der Waals surface area (Å²) >= 11 is 7.45. The highest BCUT2D eigenvalue weighted by atomic mass is 35.5. The number of carbonyl (C=O) groups is 1. The van der Waals surface area contributed by atoms with E-state index in [4.69, 9.17) is 16.3 Å². The summed E-state index contributed by atoms with van der Waals surface area (Å²) in [5.74, 6) is 0.611. The lowest BCUT2D eigenvalue weighted by molar-refractivity contribution is -0.121. The van der Waals surface area contributed by atoms with Crippen molar-refractivity contribution < 1.29 is 9.53 Å². The summed E-state index contributed by atoms with van der Waals surface area (Å²) in [6, 6.07) is 17.0. The zero-order valence-electron chi connectivity index (χ0n) is 15.7. The fraction of sp³-hybridized carbons (Fsp3) is 0.250. The number of hydrogen-bond acceptors (Lipinski definition) is 6. The second-order valence-corrected chi connectivity index (χ2v) is 8.03. The first kappa shape index (κ1) is 19.8. The fourth-order valence-electron chi connectivity index (χ4n) is 3.13. The highest BCUT2D eigenvalue weighted by molar-refractivity contribution is 8.00. The molecule has 29 heavy (non-hydrogen) atoms. The van der Waals surface area contributed by atoms with Gasteiger partial charge in [-0.05, 0) is 17.7 Å². The van der Waals surface area contributed by atoms with E-state index in [-0.39, 0.29) is 11.9 Å². The van der Waals surface area contributed by atoms with E-state index in [1.165, 1.54) is 11.8 Å². The van der Waals surface area contributed by atoms with Gasteiger partial charge in [0, 0.05) is 24.2 Å². The molecule has 150 valence electrons. The van der Waals surface area contributed by atoms with Gasteiger partial charge < -0.3 is 15.5 Å². The van der Waals surface area contributed by atoms with Gasteiger partial charge in [0.2, 0.25) is 11.1 Å². The largest absolute Gasteiger partial charge is 0.383 e. The summed E-state index contributed by atoms with van der Waals surface area (Å²) in [6.07, 6.45) is 0. The molecule has 1 amide bonds. The molecular formula is C20H20ClN5O2S. The van der Waals surface area contributed by atoms with E-state index in [1.807, 2.05) is 59.3 Å². The molecule has 1 aromatic heterocycles. The zero-order valence-corrected chi connectivity index (χ0v) is 17.3. The van der Waals surface area contributed by atoms with Crippen LogP contribution < -0.4 is 10.7 Å². The molecular weight excluding hydrogens is 410 g/mol.